The Morgan fingerprint density at radius 1 is 1.12 bits per heavy atom. The lowest BCUT2D eigenvalue weighted by Crippen LogP contribution is -2.57. The molecule has 0 saturated carbocycles. The van der Waals surface area contributed by atoms with Gasteiger partial charge in [-0.25, -0.2) is 0 Å². The van der Waals surface area contributed by atoms with E-state index in [1.165, 1.54) is 0 Å². The predicted molar refractivity (Wildman–Crippen MR) is 100 cm³/mol. The number of anilines is 1. The van der Waals surface area contributed by atoms with Crippen molar-refractivity contribution < 1.29 is 9.59 Å². The molecule has 25 heavy (non-hydrogen) atoms. The zero-order valence-electron chi connectivity index (χ0n) is 14.6. The normalized spacial score (nSPS) is 17.8. The Morgan fingerprint density at radius 2 is 1.88 bits per heavy atom. The fourth-order valence-electron chi connectivity index (χ4n) is 3.25. The van der Waals surface area contributed by atoms with Crippen molar-refractivity contribution in [2.45, 2.75) is 26.8 Å². The molecule has 1 heterocycles. The van der Waals surface area contributed by atoms with Crippen LogP contribution in [0.4, 0.5) is 5.69 Å². The molecule has 1 aliphatic rings. The molecule has 0 radical (unpaired) electrons. The van der Waals surface area contributed by atoms with Crippen LogP contribution in [0.25, 0.3) is 0 Å². The quantitative estimate of drug-likeness (QED) is 0.820. The van der Waals surface area contributed by atoms with Crippen molar-refractivity contribution in [3.05, 3.63) is 64.2 Å². The molecule has 130 valence electrons. The molecule has 3 rings (SSSR count). The highest BCUT2D eigenvalue weighted by atomic mass is 35.5. The Kier molecular flexibility index (Phi) is 4.82. The molecular formula is C20H21ClN2O2. The first-order valence-electron chi connectivity index (χ1n) is 8.33. The molecule has 5 heteroatoms. The van der Waals surface area contributed by atoms with Gasteiger partial charge in [0, 0.05) is 29.4 Å². The van der Waals surface area contributed by atoms with Gasteiger partial charge in [-0.2, -0.15) is 0 Å². The van der Waals surface area contributed by atoms with Crippen LogP contribution in [0, 0.1) is 13.8 Å². The number of benzene rings is 2. The molecule has 1 aliphatic heterocycles. The van der Waals surface area contributed by atoms with E-state index in [2.05, 4.69) is 0 Å². The second-order valence-corrected chi connectivity index (χ2v) is 6.90. The Balaban J connectivity index is 1.83. The maximum absolute atomic E-state index is 12.9. The molecule has 1 saturated heterocycles. The van der Waals surface area contributed by atoms with Crippen LogP contribution in [0.15, 0.2) is 42.5 Å². The van der Waals surface area contributed by atoms with Gasteiger partial charge in [0.15, 0.2) is 0 Å². The van der Waals surface area contributed by atoms with E-state index in [-0.39, 0.29) is 11.8 Å². The number of aryl methyl sites for hydroxylation is 2. The summed E-state index contributed by atoms with van der Waals surface area (Å²) in [6.45, 7) is 6.65. The van der Waals surface area contributed by atoms with Gasteiger partial charge in [-0.1, -0.05) is 29.3 Å². The van der Waals surface area contributed by atoms with Gasteiger partial charge in [-0.05, 0) is 56.7 Å². The molecule has 4 nitrogen and oxygen atoms in total. The SMILES string of the molecule is Cc1cccc(C(=O)N2CCN(c3ccc(Cl)cc3C)C(=O)[C@@H]2C)c1. The van der Waals surface area contributed by atoms with Gasteiger partial charge in [0.05, 0.1) is 0 Å². The summed E-state index contributed by atoms with van der Waals surface area (Å²) in [5, 5.41) is 0.648. The smallest absolute Gasteiger partial charge is 0.254 e. The molecule has 0 aliphatic carbocycles. The highest BCUT2D eigenvalue weighted by Gasteiger charge is 2.35. The van der Waals surface area contributed by atoms with E-state index in [1.807, 2.05) is 44.2 Å². The second-order valence-electron chi connectivity index (χ2n) is 6.46. The van der Waals surface area contributed by atoms with Crippen molar-refractivity contribution in [1.82, 2.24) is 4.90 Å². The predicted octanol–water partition coefficient (Wildman–Crippen LogP) is 3.83. The van der Waals surface area contributed by atoms with Gasteiger partial charge in [0.25, 0.3) is 5.91 Å². The van der Waals surface area contributed by atoms with Gasteiger partial charge in [0.1, 0.15) is 6.04 Å². The largest absolute Gasteiger partial charge is 0.325 e. The standard InChI is InChI=1S/C20H21ClN2O2/c1-13-5-4-6-16(11-13)20(25)22-9-10-23(19(24)15(22)3)18-8-7-17(21)12-14(18)2/h4-8,11-12,15H,9-10H2,1-3H3/t15-/m0/s1. The van der Waals surface area contributed by atoms with E-state index in [1.54, 1.807) is 28.9 Å². The summed E-state index contributed by atoms with van der Waals surface area (Å²) in [6.07, 6.45) is 0. The van der Waals surface area contributed by atoms with Crippen molar-refractivity contribution in [3.8, 4) is 0 Å². The van der Waals surface area contributed by atoms with E-state index in [0.717, 1.165) is 16.8 Å². The minimum atomic E-state index is -0.503. The van der Waals surface area contributed by atoms with Crippen molar-refractivity contribution in [2.24, 2.45) is 0 Å². The zero-order valence-corrected chi connectivity index (χ0v) is 15.4. The first kappa shape index (κ1) is 17.5. The number of carbonyl (C=O) groups is 2. The Hall–Kier alpha value is -2.33. The summed E-state index contributed by atoms with van der Waals surface area (Å²) in [6, 6.07) is 12.5. The molecular weight excluding hydrogens is 336 g/mol. The third kappa shape index (κ3) is 3.40. The van der Waals surface area contributed by atoms with Gasteiger partial charge < -0.3 is 9.80 Å². The molecule has 0 N–H and O–H groups in total. The van der Waals surface area contributed by atoms with E-state index >= 15 is 0 Å². The summed E-state index contributed by atoms with van der Waals surface area (Å²) in [7, 11) is 0. The number of rotatable bonds is 2. The minimum Gasteiger partial charge on any atom is -0.325 e. The summed E-state index contributed by atoms with van der Waals surface area (Å²) >= 11 is 6.01. The van der Waals surface area contributed by atoms with Crippen molar-refractivity contribution in [1.29, 1.82) is 0 Å². The van der Waals surface area contributed by atoms with Crippen LogP contribution < -0.4 is 4.90 Å². The molecule has 2 aromatic carbocycles. The highest BCUT2D eigenvalue weighted by Crippen LogP contribution is 2.27. The Morgan fingerprint density at radius 3 is 2.56 bits per heavy atom. The number of halogens is 1. The fraction of sp³-hybridized carbons (Fsp3) is 0.300. The Labute approximate surface area is 153 Å². The number of piperazine rings is 1. The monoisotopic (exact) mass is 356 g/mol. The molecule has 1 fully saturated rings. The summed E-state index contributed by atoms with van der Waals surface area (Å²) in [5.74, 6) is -0.172. The van der Waals surface area contributed by atoms with Gasteiger partial charge in [0.2, 0.25) is 5.91 Å². The molecule has 0 spiro atoms. The summed E-state index contributed by atoms with van der Waals surface area (Å²) < 4.78 is 0. The van der Waals surface area contributed by atoms with E-state index in [9.17, 15) is 9.59 Å². The lowest BCUT2D eigenvalue weighted by Gasteiger charge is -2.39. The van der Waals surface area contributed by atoms with Crippen LogP contribution in [0.5, 0.6) is 0 Å². The first-order chi connectivity index (χ1) is 11.9. The maximum atomic E-state index is 12.9. The van der Waals surface area contributed by atoms with Crippen LogP contribution in [0.3, 0.4) is 0 Å². The average Bonchev–Trinajstić information content (AvgIpc) is 2.57. The molecule has 1 atom stereocenters. The number of amides is 2. The molecule has 2 amide bonds. The zero-order chi connectivity index (χ0) is 18.1. The van der Waals surface area contributed by atoms with Crippen molar-refractivity contribution in [2.75, 3.05) is 18.0 Å². The second kappa shape index (κ2) is 6.89. The molecule has 2 aromatic rings. The van der Waals surface area contributed by atoms with Crippen molar-refractivity contribution >= 4 is 29.1 Å². The van der Waals surface area contributed by atoms with Crippen molar-refractivity contribution in [3.63, 3.8) is 0 Å². The van der Waals surface area contributed by atoms with Gasteiger partial charge in [-0.3, -0.25) is 9.59 Å². The lowest BCUT2D eigenvalue weighted by molar-refractivity contribution is -0.124. The average molecular weight is 357 g/mol. The third-order valence-corrected chi connectivity index (χ3v) is 4.87. The maximum Gasteiger partial charge on any atom is 0.254 e. The van der Waals surface area contributed by atoms with Crippen LogP contribution >= 0.6 is 11.6 Å². The lowest BCUT2D eigenvalue weighted by atomic mass is 10.1. The third-order valence-electron chi connectivity index (χ3n) is 4.63. The minimum absolute atomic E-state index is 0.0716. The van der Waals surface area contributed by atoms with Gasteiger partial charge in [-0.15, -0.1) is 0 Å². The topological polar surface area (TPSA) is 40.6 Å². The highest BCUT2D eigenvalue weighted by molar-refractivity contribution is 6.30. The molecule has 0 bridgehead atoms. The van der Waals surface area contributed by atoms with Crippen LogP contribution in [0.1, 0.15) is 28.4 Å². The first-order valence-corrected chi connectivity index (χ1v) is 8.71. The van der Waals surface area contributed by atoms with E-state index < -0.39 is 6.04 Å². The fourth-order valence-corrected chi connectivity index (χ4v) is 3.48. The Bertz CT molecular complexity index is 834. The van der Waals surface area contributed by atoms with Crippen LogP contribution in [-0.4, -0.2) is 35.8 Å². The molecule has 0 unspecified atom stereocenters. The van der Waals surface area contributed by atoms with E-state index in [4.69, 9.17) is 11.6 Å². The van der Waals surface area contributed by atoms with E-state index in [0.29, 0.717) is 23.7 Å². The van der Waals surface area contributed by atoms with Gasteiger partial charge >= 0.3 is 0 Å². The number of hydrogen-bond donors (Lipinski definition) is 0. The summed E-state index contributed by atoms with van der Waals surface area (Å²) in [5.41, 5.74) is 3.45. The molecule has 0 aromatic heterocycles. The number of nitrogens with zero attached hydrogens (tertiary/aromatic N) is 2. The van der Waals surface area contributed by atoms with Crippen LogP contribution in [-0.2, 0) is 4.79 Å². The number of carbonyl (C=O) groups excluding carboxylic acids is 2. The van der Waals surface area contributed by atoms with Crippen LogP contribution in [0.2, 0.25) is 5.02 Å². The number of hydrogen-bond acceptors (Lipinski definition) is 2. The summed E-state index contributed by atoms with van der Waals surface area (Å²) in [4.78, 5) is 29.1.